The minimum absolute atomic E-state index is 0.0183. The molecular weight excluding hydrogens is 270 g/mol. The molecule has 2 aromatic rings. The number of anilines is 1. The van der Waals surface area contributed by atoms with Gasteiger partial charge in [0.1, 0.15) is 0 Å². The topological polar surface area (TPSA) is 81.2 Å². The number of hydrogen-bond acceptors (Lipinski definition) is 5. The molecule has 21 heavy (non-hydrogen) atoms. The first-order valence-electron chi connectivity index (χ1n) is 7.40. The zero-order valence-corrected chi connectivity index (χ0v) is 12.2. The molecule has 1 N–H and O–H groups in total. The van der Waals surface area contributed by atoms with Crippen LogP contribution in [0, 0.1) is 22.0 Å². The third-order valence-electron chi connectivity index (χ3n) is 4.65. The van der Waals surface area contributed by atoms with Gasteiger partial charge >= 0.3 is 0 Å². The maximum Gasteiger partial charge on any atom is 0.298 e. The van der Waals surface area contributed by atoms with Gasteiger partial charge in [-0.1, -0.05) is 26.3 Å². The van der Waals surface area contributed by atoms with Gasteiger partial charge < -0.3 is 9.73 Å². The maximum atomic E-state index is 11.0. The molecule has 1 heterocycles. The van der Waals surface area contributed by atoms with Crippen molar-refractivity contribution in [1.82, 2.24) is 4.98 Å². The first kappa shape index (κ1) is 13.9. The summed E-state index contributed by atoms with van der Waals surface area (Å²) >= 11 is 0. The summed E-state index contributed by atoms with van der Waals surface area (Å²) < 4.78 is 5.61. The minimum atomic E-state index is -0.431. The van der Waals surface area contributed by atoms with Crippen LogP contribution >= 0.6 is 0 Å². The van der Waals surface area contributed by atoms with Crippen LogP contribution in [0.3, 0.4) is 0 Å². The summed E-state index contributed by atoms with van der Waals surface area (Å²) in [6, 6.07) is 5.46. The molecule has 1 aromatic heterocycles. The predicted octanol–water partition coefficient (Wildman–Crippen LogP) is 3.97. The Kier molecular flexibility index (Phi) is 3.53. The van der Waals surface area contributed by atoms with Crippen LogP contribution in [0.2, 0.25) is 0 Å². The van der Waals surface area contributed by atoms with E-state index >= 15 is 0 Å². The highest BCUT2D eigenvalue weighted by Crippen LogP contribution is 2.36. The zero-order chi connectivity index (χ0) is 15.0. The molecule has 6 heteroatoms. The van der Waals surface area contributed by atoms with Gasteiger partial charge in [0.15, 0.2) is 11.1 Å². The number of fused-ring (bicyclic) bond motifs is 1. The lowest BCUT2D eigenvalue weighted by molar-refractivity contribution is -0.383. The van der Waals surface area contributed by atoms with Gasteiger partial charge in [-0.15, -0.1) is 0 Å². The fraction of sp³-hybridized carbons (Fsp3) is 0.533. The summed E-state index contributed by atoms with van der Waals surface area (Å²) in [7, 11) is 0. The van der Waals surface area contributed by atoms with E-state index < -0.39 is 4.92 Å². The van der Waals surface area contributed by atoms with E-state index in [2.05, 4.69) is 24.1 Å². The van der Waals surface area contributed by atoms with E-state index in [1.807, 2.05) is 0 Å². The summed E-state index contributed by atoms with van der Waals surface area (Å²) in [6.45, 7) is 4.45. The summed E-state index contributed by atoms with van der Waals surface area (Å²) in [6.07, 6.45) is 3.47. The second-order valence-corrected chi connectivity index (χ2v) is 5.76. The van der Waals surface area contributed by atoms with Gasteiger partial charge in [-0.05, 0) is 30.7 Å². The molecule has 1 aromatic carbocycles. The van der Waals surface area contributed by atoms with E-state index in [0.717, 1.165) is 12.3 Å². The number of non-ortho nitro benzene ring substituents is 1. The molecule has 1 aliphatic carbocycles. The van der Waals surface area contributed by atoms with Crippen LogP contribution in [0.25, 0.3) is 11.1 Å². The number of nitrogens with zero attached hydrogens (tertiary/aromatic N) is 2. The van der Waals surface area contributed by atoms with Crippen molar-refractivity contribution < 1.29 is 9.34 Å². The smallest absolute Gasteiger partial charge is 0.298 e. The van der Waals surface area contributed by atoms with E-state index in [9.17, 15) is 10.1 Å². The molecule has 1 saturated carbocycles. The highest BCUT2D eigenvalue weighted by Gasteiger charge is 2.32. The molecule has 0 saturated heterocycles. The number of nitro benzene ring substituents is 1. The van der Waals surface area contributed by atoms with Gasteiger partial charge in [0.05, 0.1) is 4.92 Å². The lowest BCUT2D eigenvalue weighted by Crippen LogP contribution is -2.24. The van der Waals surface area contributed by atoms with Crippen LogP contribution in [-0.4, -0.2) is 15.9 Å². The largest absolute Gasteiger partial charge is 0.423 e. The summed E-state index contributed by atoms with van der Waals surface area (Å²) in [4.78, 5) is 14.8. The van der Waals surface area contributed by atoms with Crippen molar-refractivity contribution in [3.63, 3.8) is 0 Å². The van der Waals surface area contributed by atoms with Crippen molar-refractivity contribution in [3.05, 3.63) is 28.3 Å². The lowest BCUT2D eigenvalue weighted by atomic mass is 9.94. The normalized spacial score (nSPS) is 25.3. The van der Waals surface area contributed by atoms with Crippen molar-refractivity contribution in [2.24, 2.45) is 11.8 Å². The number of para-hydroxylation sites is 1. The first-order valence-corrected chi connectivity index (χ1v) is 7.40. The molecule has 3 rings (SSSR count). The molecule has 1 fully saturated rings. The summed E-state index contributed by atoms with van der Waals surface area (Å²) in [5.41, 5.74) is 0.738. The molecule has 0 spiro atoms. The molecule has 1 aliphatic rings. The van der Waals surface area contributed by atoms with Gasteiger partial charge in [-0.3, -0.25) is 10.1 Å². The van der Waals surface area contributed by atoms with Crippen LogP contribution in [0.1, 0.15) is 33.1 Å². The minimum Gasteiger partial charge on any atom is -0.423 e. The van der Waals surface area contributed by atoms with Crippen molar-refractivity contribution in [2.45, 2.75) is 39.2 Å². The van der Waals surface area contributed by atoms with Gasteiger partial charge in [0.25, 0.3) is 11.7 Å². The molecule has 112 valence electrons. The SMILES string of the molecule is CCC1CCC(Nc2nc3c([N+](=O)[O-])cccc3o2)C1C. The van der Waals surface area contributed by atoms with E-state index in [1.54, 1.807) is 12.1 Å². The monoisotopic (exact) mass is 289 g/mol. The van der Waals surface area contributed by atoms with Crippen LogP contribution in [0.4, 0.5) is 11.7 Å². The quantitative estimate of drug-likeness (QED) is 0.680. The predicted molar refractivity (Wildman–Crippen MR) is 80.3 cm³/mol. The molecule has 3 atom stereocenters. The van der Waals surface area contributed by atoms with Gasteiger partial charge in [0, 0.05) is 12.1 Å². The number of nitro groups is 1. The fourth-order valence-electron chi connectivity index (χ4n) is 3.33. The van der Waals surface area contributed by atoms with Crippen LogP contribution in [0.15, 0.2) is 22.6 Å². The van der Waals surface area contributed by atoms with Crippen molar-refractivity contribution >= 4 is 22.8 Å². The van der Waals surface area contributed by atoms with Crippen molar-refractivity contribution in [3.8, 4) is 0 Å². The number of oxazole rings is 1. The summed E-state index contributed by atoms with van der Waals surface area (Å²) in [5, 5.41) is 14.3. The molecule has 0 radical (unpaired) electrons. The zero-order valence-electron chi connectivity index (χ0n) is 12.2. The van der Waals surface area contributed by atoms with E-state index in [1.165, 1.54) is 18.9 Å². The maximum absolute atomic E-state index is 11.0. The number of nitrogens with one attached hydrogen (secondary N) is 1. The second-order valence-electron chi connectivity index (χ2n) is 5.76. The average Bonchev–Trinajstić information content (AvgIpc) is 3.02. The van der Waals surface area contributed by atoms with Gasteiger partial charge in [0.2, 0.25) is 0 Å². The Morgan fingerprint density at radius 2 is 2.29 bits per heavy atom. The van der Waals surface area contributed by atoms with E-state index in [-0.39, 0.29) is 5.69 Å². The van der Waals surface area contributed by atoms with Crippen molar-refractivity contribution in [2.75, 3.05) is 5.32 Å². The molecule has 3 unspecified atom stereocenters. The number of aromatic nitrogens is 1. The summed E-state index contributed by atoms with van der Waals surface area (Å²) in [5.74, 6) is 1.28. The van der Waals surface area contributed by atoms with Gasteiger partial charge in [-0.2, -0.15) is 4.98 Å². The molecule has 6 nitrogen and oxygen atoms in total. The standard InChI is InChI=1S/C15H19N3O3/c1-3-10-7-8-11(9(10)2)16-15-17-14-12(18(19)20)5-4-6-13(14)21-15/h4-6,9-11H,3,7-8H2,1-2H3,(H,16,17). The third-order valence-corrected chi connectivity index (χ3v) is 4.65. The van der Waals surface area contributed by atoms with Gasteiger partial charge in [-0.25, -0.2) is 0 Å². The van der Waals surface area contributed by atoms with Crippen LogP contribution in [0.5, 0.6) is 0 Å². The Labute approximate surface area is 122 Å². The Morgan fingerprint density at radius 3 is 2.95 bits per heavy atom. The molecular formula is C15H19N3O3. The Bertz CT molecular complexity index is 667. The Balaban J connectivity index is 1.86. The highest BCUT2D eigenvalue weighted by atomic mass is 16.6. The first-order chi connectivity index (χ1) is 10.1. The van der Waals surface area contributed by atoms with Crippen molar-refractivity contribution in [1.29, 1.82) is 0 Å². The molecule has 0 amide bonds. The molecule has 0 aliphatic heterocycles. The number of benzene rings is 1. The lowest BCUT2D eigenvalue weighted by Gasteiger charge is -2.19. The third kappa shape index (κ3) is 2.46. The number of hydrogen-bond donors (Lipinski definition) is 1. The Hall–Kier alpha value is -2.11. The number of rotatable bonds is 4. The average molecular weight is 289 g/mol. The van der Waals surface area contributed by atoms with E-state index in [4.69, 9.17) is 4.42 Å². The second kappa shape index (κ2) is 5.35. The van der Waals surface area contributed by atoms with E-state index in [0.29, 0.717) is 29.1 Å². The van der Waals surface area contributed by atoms with Crippen LogP contribution in [-0.2, 0) is 0 Å². The highest BCUT2D eigenvalue weighted by molar-refractivity contribution is 5.84. The van der Waals surface area contributed by atoms with Crippen LogP contribution < -0.4 is 5.32 Å². The molecule has 0 bridgehead atoms. The fourth-order valence-corrected chi connectivity index (χ4v) is 3.33. The Morgan fingerprint density at radius 1 is 1.48 bits per heavy atom.